The molecular weight excluding hydrogens is 424 g/mol. The van der Waals surface area contributed by atoms with Crippen molar-refractivity contribution < 1.29 is 19.1 Å². The van der Waals surface area contributed by atoms with E-state index in [0.29, 0.717) is 23.4 Å². The predicted octanol–water partition coefficient (Wildman–Crippen LogP) is 3.24. The number of amides is 4. The number of anilines is 2. The van der Waals surface area contributed by atoms with Crippen LogP contribution in [0.2, 0.25) is 0 Å². The summed E-state index contributed by atoms with van der Waals surface area (Å²) in [4.78, 5) is 46.6. The van der Waals surface area contributed by atoms with Crippen LogP contribution < -0.4 is 20.7 Å². The summed E-state index contributed by atoms with van der Waals surface area (Å²) < 4.78 is 5.78. The lowest BCUT2D eigenvalue weighted by Gasteiger charge is -2.38. The Morgan fingerprint density at radius 3 is 2.33 bits per heavy atom. The lowest BCUT2D eigenvalue weighted by molar-refractivity contribution is -0.127. The highest BCUT2D eigenvalue weighted by molar-refractivity contribution is 6.02. The van der Waals surface area contributed by atoms with E-state index in [1.165, 1.54) is 6.20 Å². The number of nitrogens with zero attached hydrogens (tertiary/aromatic N) is 3. The van der Waals surface area contributed by atoms with Gasteiger partial charge in [0.15, 0.2) is 0 Å². The maximum absolute atomic E-state index is 12.4. The third kappa shape index (κ3) is 6.72. The van der Waals surface area contributed by atoms with Crippen LogP contribution in [0.1, 0.15) is 33.6 Å². The van der Waals surface area contributed by atoms with Gasteiger partial charge in [0.05, 0.1) is 6.20 Å². The van der Waals surface area contributed by atoms with E-state index in [4.69, 9.17) is 4.74 Å². The van der Waals surface area contributed by atoms with Crippen LogP contribution in [-0.4, -0.2) is 52.9 Å². The second-order valence-corrected chi connectivity index (χ2v) is 9.29. The molecule has 33 heavy (non-hydrogen) atoms. The van der Waals surface area contributed by atoms with E-state index < -0.39 is 17.4 Å². The molecule has 10 heteroatoms. The summed E-state index contributed by atoms with van der Waals surface area (Å²) in [5.41, 5.74) is -0.683. The quantitative estimate of drug-likeness (QED) is 0.612. The van der Waals surface area contributed by atoms with E-state index in [0.717, 1.165) is 12.8 Å². The standard InChI is InChI=1S/C23H30N6O4/c1-23(2,3)21(31)28-22(32)27-18-7-6-17(13-25-18)33-16-8-9-24-19(12-16)26-20(30)14-10-15(11-14)29(4)5/h6-9,12-15H,10-11H2,1-5H3,(H,24,26,30)(H2,25,27,28,31,32)/t14-,15-. The van der Waals surface area contributed by atoms with Gasteiger partial charge in [0.1, 0.15) is 23.1 Å². The van der Waals surface area contributed by atoms with Crippen LogP contribution in [-0.2, 0) is 9.59 Å². The smallest absolute Gasteiger partial charge is 0.327 e. The Bertz CT molecular complexity index is 1010. The van der Waals surface area contributed by atoms with E-state index in [1.807, 2.05) is 14.1 Å². The minimum Gasteiger partial charge on any atom is -0.456 e. The molecule has 0 saturated heterocycles. The van der Waals surface area contributed by atoms with Crippen LogP contribution in [0.15, 0.2) is 36.7 Å². The van der Waals surface area contributed by atoms with Gasteiger partial charge in [-0.1, -0.05) is 20.8 Å². The van der Waals surface area contributed by atoms with E-state index >= 15 is 0 Å². The Morgan fingerprint density at radius 2 is 1.73 bits per heavy atom. The van der Waals surface area contributed by atoms with Crippen molar-refractivity contribution in [2.24, 2.45) is 11.3 Å². The number of carbonyl (C=O) groups excluding carboxylic acids is 3. The molecular formula is C23H30N6O4. The second kappa shape index (κ2) is 9.95. The number of aromatic nitrogens is 2. The minimum absolute atomic E-state index is 0.0103. The van der Waals surface area contributed by atoms with Gasteiger partial charge in [-0.05, 0) is 45.1 Å². The third-order valence-corrected chi connectivity index (χ3v) is 5.32. The topological polar surface area (TPSA) is 126 Å². The van der Waals surface area contributed by atoms with Crippen molar-refractivity contribution in [3.05, 3.63) is 36.7 Å². The molecule has 0 radical (unpaired) electrons. The van der Waals surface area contributed by atoms with E-state index in [2.05, 4.69) is 30.8 Å². The molecule has 2 aromatic rings. The lowest BCUT2D eigenvalue weighted by atomic mass is 9.79. The number of imide groups is 1. The first kappa shape index (κ1) is 24.1. The van der Waals surface area contributed by atoms with Crippen LogP contribution in [0.3, 0.4) is 0 Å². The number of pyridine rings is 2. The number of hydrogen-bond donors (Lipinski definition) is 3. The number of nitrogens with one attached hydrogen (secondary N) is 3. The molecule has 3 rings (SSSR count). The van der Waals surface area contributed by atoms with Gasteiger partial charge in [0, 0.05) is 29.6 Å². The van der Waals surface area contributed by atoms with Gasteiger partial charge in [0.2, 0.25) is 11.8 Å². The summed E-state index contributed by atoms with van der Waals surface area (Å²) in [7, 11) is 4.03. The Kier molecular flexibility index (Phi) is 7.27. The predicted molar refractivity (Wildman–Crippen MR) is 124 cm³/mol. The van der Waals surface area contributed by atoms with Gasteiger partial charge in [-0.15, -0.1) is 0 Å². The largest absolute Gasteiger partial charge is 0.456 e. The summed E-state index contributed by atoms with van der Waals surface area (Å²) in [5.74, 6) is 1.15. The molecule has 3 N–H and O–H groups in total. The molecule has 0 bridgehead atoms. The maximum Gasteiger partial charge on any atom is 0.327 e. The highest BCUT2D eigenvalue weighted by Gasteiger charge is 2.35. The zero-order valence-electron chi connectivity index (χ0n) is 19.5. The fourth-order valence-corrected chi connectivity index (χ4v) is 3.08. The molecule has 0 atom stereocenters. The van der Waals surface area contributed by atoms with Gasteiger partial charge in [-0.3, -0.25) is 20.2 Å². The number of hydrogen-bond acceptors (Lipinski definition) is 7. The van der Waals surface area contributed by atoms with Crippen molar-refractivity contribution >= 4 is 29.5 Å². The van der Waals surface area contributed by atoms with E-state index in [-0.39, 0.29) is 17.6 Å². The molecule has 0 unspecified atom stereocenters. The van der Waals surface area contributed by atoms with Gasteiger partial charge in [-0.2, -0.15) is 0 Å². The Hall–Kier alpha value is -3.53. The van der Waals surface area contributed by atoms with Gasteiger partial charge in [-0.25, -0.2) is 14.8 Å². The fraction of sp³-hybridized carbons (Fsp3) is 0.435. The van der Waals surface area contributed by atoms with Crippen LogP contribution >= 0.6 is 0 Å². The van der Waals surface area contributed by atoms with Gasteiger partial charge >= 0.3 is 6.03 Å². The molecule has 0 aliphatic heterocycles. The molecule has 10 nitrogen and oxygen atoms in total. The second-order valence-electron chi connectivity index (χ2n) is 9.29. The van der Waals surface area contributed by atoms with Gasteiger partial charge in [0.25, 0.3) is 0 Å². The lowest BCUT2D eigenvalue weighted by Crippen LogP contribution is -2.45. The molecule has 1 aliphatic rings. The average Bonchev–Trinajstić information content (AvgIpc) is 2.67. The van der Waals surface area contributed by atoms with E-state index in [9.17, 15) is 14.4 Å². The van der Waals surface area contributed by atoms with Crippen LogP contribution in [0, 0.1) is 11.3 Å². The van der Waals surface area contributed by atoms with Crippen molar-refractivity contribution in [1.29, 1.82) is 0 Å². The first-order chi connectivity index (χ1) is 15.5. The molecule has 1 aliphatic carbocycles. The maximum atomic E-state index is 12.4. The highest BCUT2D eigenvalue weighted by Crippen LogP contribution is 2.31. The number of rotatable bonds is 6. The molecule has 1 fully saturated rings. The Morgan fingerprint density at radius 1 is 1.00 bits per heavy atom. The zero-order valence-corrected chi connectivity index (χ0v) is 19.5. The monoisotopic (exact) mass is 454 g/mol. The van der Waals surface area contributed by atoms with Crippen molar-refractivity contribution in [3.8, 4) is 11.5 Å². The minimum atomic E-state index is -0.683. The number of urea groups is 1. The summed E-state index contributed by atoms with van der Waals surface area (Å²) in [5, 5.41) is 7.60. The van der Waals surface area contributed by atoms with Gasteiger partial charge < -0.3 is 15.0 Å². The molecule has 2 aromatic heterocycles. The summed E-state index contributed by atoms with van der Waals surface area (Å²) in [6, 6.07) is 6.27. The SMILES string of the molecule is CN(C)[C@H]1C[C@H](C(=O)Nc2cc(Oc3ccc(NC(=O)NC(=O)C(C)(C)C)nc3)ccn2)C1. The first-order valence-corrected chi connectivity index (χ1v) is 10.7. The highest BCUT2D eigenvalue weighted by atomic mass is 16.5. The third-order valence-electron chi connectivity index (χ3n) is 5.32. The average molecular weight is 455 g/mol. The van der Waals surface area contributed by atoms with Crippen molar-refractivity contribution in [1.82, 2.24) is 20.2 Å². The van der Waals surface area contributed by atoms with Crippen molar-refractivity contribution in [3.63, 3.8) is 0 Å². The van der Waals surface area contributed by atoms with Crippen molar-refractivity contribution in [2.45, 2.75) is 39.7 Å². The van der Waals surface area contributed by atoms with Crippen LogP contribution in [0.5, 0.6) is 11.5 Å². The van der Waals surface area contributed by atoms with Crippen molar-refractivity contribution in [2.75, 3.05) is 24.7 Å². The van der Waals surface area contributed by atoms with E-state index in [1.54, 1.807) is 51.2 Å². The molecule has 176 valence electrons. The molecule has 2 heterocycles. The molecule has 1 saturated carbocycles. The first-order valence-electron chi connectivity index (χ1n) is 10.7. The van der Waals surface area contributed by atoms with Crippen LogP contribution in [0.4, 0.5) is 16.4 Å². The number of ether oxygens (including phenoxy) is 1. The number of carbonyl (C=O) groups is 3. The normalized spacial score (nSPS) is 17.6. The Labute approximate surface area is 193 Å². The molecule has 4 amide bonds. The summed E-state index contributed by atoms with van der Waals surface area (Å²) in [6.45, 7) is 5.14. The fourth-order valence-electron chi connectivity index (χ4n) is 3.08. The summed E-state index contributed by atoms with van der Waals surface area (Å²) in [6.07, 6.45) is 4.66. The molecule has 0 spiro atoms. The summed E-state index contributed by atoms with van der Waals surface area (Å²) >= 11 is 0. The molecule has 0 aromatic carbocycles. The Balaban J connectivity index is 1.52. The van der Waals surface area contributed by atoms with Crippen LogP contribution in [0.25, 0.3) is 0 Å². The zero-order chi connectivity index (χ0) is 24.2.